The standard InChI is InChI=1S/C59H100O6/c1-4-7-10-13-16-19-22-24-26-28-29-31-32-34-37-40-43-46-49-52-58(61)64-55-56(54-63-57(60)51-48-45-42-39-36-21-18-15-12-9-6-3)65-59(62)53-50-47-44-41-38-35-33-30-27-25-23-20-17-14-11-8-5-2/h15-16,18-19,24-27,29,31,34,37,43,46,56H,4-14,17,20-23,28,30,32-33,35-36,38-42,44-45,47-55H2,1-3H3/b18-15-,19-16-,26-24-,27-25-,31-29-,37-34-,46-43-/t56-/m0/s1. The predicted molar refractivity (Wildman–Crippen MR) is 279 cm³/mol. The van der Waals surface area contributed by atoms with Crippen LogP contribution in [0.25, 0.3) is 0 Å². The first-order chi connectivity index (χ1) is 32.0. The van der Waals surface area contributed by atoms with E-state index in [0.717, 1.165) is 77.0 Å². The van der Waals surface area contributed by atoms with Gasteiger partial charge >= 0.3 is 17.9 Å². The molecule has 0 aliphatic heterocycles. The van der Waals surface area contributed by atoms with Crippen molar-refractivity contribution in [3.05, 3.63) is 85.1 Å². The van der Waals surface area contributed by atoms with Crippen molar-refractivity contribution in [3.8, 4) is 0 Å². The summed E-state index contributed by atoms with van der Waals surface area (Å²) in [6.45, 7) is 6.49. The fraction of sp³-hybridized carbons (Fsp3) is 0.712. The van der Waals surface area contributed by atoms with Gasteiger partial charge in [-0.3, -0.25) is 14.4 Å². The first-order valence-electron chi connectivity index (χ1n) is 27.1. The van der Waals surface area contributed by atoms with Gasteiger partial charge in [-0.15, -0.1) is 0 Å². The molecule has 0 aliphatic rings. The lowest BCUT2D eigenvalue weighted by atomic mass is 10.1. The third-order valence-electron chi connectivity index (χ3n) is 11.4. The van der Waals surface area contributed by atoms with Crippen LogP contribution in [-0.4, -0.2) is 37.2 Å². The van der Waals surface area contributed by atoms with E-state index >= 15 is 0 Å². The number of hydrogen-bond acceptors (Lipinski definition) is 6. The van der Waals surface area contributed by atoms with Crippen LogP contribution in [0, 0.1) is 0 Å². The number of carbonyl (C=O) groups excluding carboxylic acids is 3. The Bertz CT molecular complexity index is 1270. The molecule has 0 bridgehead atoms. The van der Waals surface area contributed by atoms with Crippen LogP contribution in [0.2, 0.25) is 0 Å². The number of rotatable bonds is 48. The Kier molecular flexibility index (Phi) is 50.4. The van der Waals surface area contributed by atoms with Crippen molar-refractivity contribution in [1.29, 1.82) is 0 Å². The fourth-order valence-electron chi connectivity index (χ4n) is 7.22. The van der Waals surface area contributed by atoms with Gasteiger partial charge in [0.2, 0.25) is 0 Å². The molecule has 0 amide bonds. The lowest BCUT2D eigenvalue weighted by molar-refractivity contribution is -0.166. The summed E-state index contributed by atoms with van der Waals surface area (Å²) in [6.07, 6.45) is 68.6. The highest BCUT2D eigenvalue weighted by molar-refractivity contribution is 5.71. The van der Waals surface area contributed by atoms with E-state index in [2.05, 4.69) is 99.8 Å². The molecular weight excluding hydrogens is 805 g/mol. The van der Waals surface area contributed by atoms with Crippen molar-refractivity contribution in [3.63, 3.8) is 0 Å². The van der Waals surface area contributed by atoms with Gasteiger partial charge in [0, 0.05) is 19.3 Å². The van der Waals surface area contributed by atoms with Gasteiger partial charge in [0.25, 0.3) is 0 Å². The van der Waals surface area contributed by atoms with E-state index in [-0.39, 0.29) is 37.5 Å². The summed E-state index contributed by atoms with van der Waals surface area (Å²) in [4.78, 5) is 38.0. The number of ether oxygens (including phenoxy) is 3. The summed E-state index contributed by atoms with van der Waals surface area (Å²) in [5.41, 5.74) is 0. The minimum Gasteiger partial charge on any atom is -0.462 e. The van der Waals surface area contributed by atoms with Gasteiger partial charge in [-0.1, -0.05) is 215 Å². The Morgan fingerprint density at radius 2 is 0.600 bits per heavy atom. The summed E-state index contributed by atoms with van der Waals surface area (Å²) in [6, 6.07) is 0. The number of esters is 3. The van der Waals surface area contributed by atoms with Crippen LogP contribution in [0.1, 0.15) is 252 Å². The largest absolute Gasteiger partial charge is 0.462 e. The van der Waals surface area contributed by atoms with Gasteiger partial charge in [0.1, 0.15) is 13.2 Å². The summed E-state index contributed by atoms with van der Waals surface area (Å²) in [5.74, 6) is -1.00. The maximum absolute atomic E-state index is 12.8. The summed E-state index contributed by atoms with van der Waals surface area (Å²) in [7, 11) is 0. The van der Waals surface area contributed by atoms with Crippen molar-refractivity contribution in [2.45, 2.75) is 258 Å². The van der Waals surface area contributed by atoms with E-state index in [1.54, 1.807) is 0 Å². The molecule has 1 atom stereocenters. The Morgan fingerprint density at radius 3 is 1.05 bits per heavy atom. The van der Waals surface area contributed by atoms with E-state index in [0.29, 0.717) is 19.3 Å². The molecule has 0 N–H and O–H groups in total. The lowest BCUT2D eigenvalue weighted by Gasteiger charge is -2.18. The molecule has 0 aromatic heterocycles. The summed E-state index contributed by atoms with van der Waals surface area (Å²) >= 11 is 0. The third-order valence-corrected chi connectivity index (χ3v) is 11.4. The zero-order valence-corrected chi connectivity index (χ0v) is 42.5. The molecular formula is C59H100O6. The Hall–Kier alpha value is -3.41. The molecule has 0 rings (SSSR count). The Morgan fingerprint density at radius 1 is 0.308 bits per heavy atom. The van der Waals surface area contributed by atoms with Crippen molar-refractivity contribution < 1.29 is 28.6 Å². The third kappa shape index (κ3) is 51.4. The van der Waals surface area contributed by atoms with Crippen LogP contribution in [0.5, 0.6) is 0 Å². The molecule has 0 spiro atoms. The van der Waals surface area contributed by atoms with Gasteiger partial charge in [-0.2, -0.15) is 0 Å². The highest BCUT2D eigenvalue weighted by Gasteiger charge is 2.19. The second-order valence-electron chi connectivity index (χ2n) is 17.8. The smallest absolute Gasteiger partial charge is 0.306 e. The van der Waals surface area contributed by atoms with Gasteiger partial charge in [-0.25, -0.2) is 0 Å². The van der Waals surface area contributed by atoms with Crippen molar-refractivity contribution in [2.75, 3.05) is 13.2 Å². The summed E-state index contributed by atoms with van der Waals surface area (Å²) in [5, 5.41) is 0. The van der Waals surface area contributed by atoms with Crippen LogP contribution in [0.15, 0.2) is 85.1 Å². The molecule has 0 saturated heterocycles. The van der Waals surface area contributed by atoms with Crippen molar-refractivity contribution >= 4 is 17.9 Å². The van der Waals surface area contributed by atoms with Gasteiger partial charge in [0.15, 0.2) is 6.10 Å². The molecule has 0 aliphatic carbocycles. The zero-order chi connectivity index (χ0) is 47.2. The molecule has 6 heteroatoms. The van der Waals surface area contributed by atoms with Crippen LogP contribution in [-0.2, 0) is 28.6 Å². The molecule has 6 nitrogen and oxygen atoms in total. The highest BCUT2D eigenvalue weighted by atomic mass is 16.6. The van der Waals surface area contributed by atoms with E-state index < -0.39 is 6.10 Å². The lowest BCUT2D eigenvalue weighted by Crippen LogP contribution is -2.30. The SMILES string of the molecule is CCCC/C=C\CCCCCCCC(=O)OC[C@@H](COC(=O)CC/C=C\C/C=C\C/C=C\C/C=C\C/C=C\CCCCC)OC(=O)CCCCCCCCC/C=C\CCCCCCCC. The minimum atomic E-state index is -0.811. The second-order valence-corrected chi connectivity index (χ2v) is 17.8. The first-order valence-corrected chi connectivity index (χ1v) is 27.1. The molecule has 0 fully saturated rings. The summed E-state index contributed by atoms with van der Waals surface area (Å²) < 4.78 is 16.7. The van der Waals surface area contributed by atoms with Gasteiger partial charge in [0.05, 0.1) is 0 Å². The molecule has 0 aromatic carbocycles. The number of unbranched alkanes of at least 4 members (excludes halogenated alkanes) is 23. The molecule has 0 unspecified atom stereocenters. The molecule has 65 heavy (non-hydrogen) atoms. The van der Waals surface area contributed by atoms with E-state index in [4.69, 9.17) is 14.2 Å². The maximum atomic E-state index is 12.8. The Labute approximate surface area is 401 Å². The topological polar surface area (TPSA) is 78.9 Å². The van der Waals surface area contributed by atoms with Gasteiger partial charge < -0.3 is 14.2 Å². The normalized spacial score (nSPS) is 12.7. The second kappa shape index (κ2) is 53.2. The van der Waals surface area contributed by atoms with Crippen LogP contribution < -0.4 is 0 Å². The minimum absolute atomic E-state index is 0.106. The highest BCUT2D eigenvalue weighted by Crippen LogP contribution is 2.14. The Balaban J connectivity index is 4.48. The molecule has 0 heterocycles. The van der Waals surface area contributed by atoms with Crippen LogP contribution in [0.4, 0.5) is 0 Å². The molecule has 0 radical (unpaired) electrons. The predicted octanol–water partition coefficient (Wildman–Crippen LogP) is 18.0. The van der Waals surface area contributed by atoms with E-state index in [1.165, 1.54) is 128 Å². The number of allylic oxidation sites excluding steroid dienone is 14. The first kappa shape index (κ1) is 61.6. The van der Waals surface area contributed by atoms with Crippen molar-refractivity contribution in [1.82, 2.24) is 0 Å². The quantitative estimate of drug-likeness (QED) is 0.0262. The average Bonchev–Trinajstić information content (AvgIpc) is 3.30. The monoisotopic (exact) mass is 905 g/mol. The average molecular weight is 905 g/mol. The van der Waals surface area contributed by atoms with Crippen LogP contribution >= 0.6 is 0 Å². The molecule has 0 saturated carbocycles. The molecule has 372 valence electrons. The maximum Gasteiger partial charge on any atom is 0.306 e. The van der Waals surface area contributed by atoms with Gasteiger partial charge in [-0.05, 0) is 103 Å². The number of carbonyl (C=O) groups is 3. The van der Waals surface area contributed by atoms with Crippen LogP contribution in [0.3, 0.4) is 0 Å². The fourth-order valence-corrected chi connectivity index (χ4v) is 7.22. The van der Waals surface area contributed by atoms with Crippen molar-refractivity contribution in [2.24, 2.45) is 0 Å². The van der Waals surface area contributed by atoms with E-state index in [1.807, 2.05) is 6.08 Å². The zero-order valence-electron chi connectivity index (χ0n) is 42.5. The van der Waals surface area contributed by atoms with E-state index in [9.17, 15) is 14.4 Å². The molecule has 0 aromatic rings. The number of hydrogen-bond donors (Lipinski definition) is 0.